The maximum atomic E-state index is 12.3. The van der Waals surface area contributed by atoms with E-state index in [0.29, 0.717) is 0 Å². The van der Waals surface area contributed by atoms with Gasteiger partial charge in [-0.1, -0.05) is 23.4 Å². The summed E-state index contributed by atoms with van der Waals surface area (Å²) in [6, 6.07) is 8.77. The molecule has 0 atom stereocenters. The molecular weight excluding hydrogens is 350 g/mol. The van der Waals surface area contributed by atoms with Crippen LogP contribution in [0, 0.1) is 0 Å². The topological polar surface area (TPSA) is 143 Å². The van der Waals surface area contributed by atoms with Crippen molar-refractivity contribution in [3.63, 3.8) is 0 Å². The largest absolute Gasteiger partial charge is 0.506 e. The van der Waals surface area contributed by atoms with Gasteiger partial charge in [0, 0.05) is 6.20 Å². The average Bonchev–Trinajstić information content (AvgIpc) is 3.03. The van der Waals surface area contributed by atoms with Gasteiger partial charge in [-0.2, -0.15) is 4.98 Å². The number of rotatable bonds is 5. The number of carboxylic acids is 1. The Hall–Kier alpha value is -3.27. The van der Waals surface area contributed by atoms with E-state index in [9.17, 15) is 18.3 Å². The fourth-order valence-electron chi connectivity index (χ4n) is 2.03. The maximum Gasteiger partial charge on any atom is 0.337 e. The Morgan fingerprint density at radius 1 is 1.20 bits per heavy atom. The summed E-state index contributed by atoms with van der Waals surface area (Å²) in [5.74, 6) is -2.55. The van der Waals surface area contributed by atoms with Crippen molar-refractivity contribution in [1.29, 1.82) is 0 Å². The molecule has 0 amide bonds. The first-order chi connectivity index (χ1) is 11.9. The highest BCUT2D eigenvalue weighted by molar-refractivity contribution is 7.90. The second kappa shape index (κ2) is 6.32. The number of pyridine rings is 1. The fourth-order valence-corrected chi connectivity index (χ4v) is 3.21. The van der Waals surface area contributed by atoms with E-state index >= 15 is 0 Å². The molecule has 0 spiro atoms. The number of hydrogen-bond acceptors (Lipinski definition) is 8. The summed E-state index contributed by atoms with van der Waals surface area (Å²) in [7, 11) is -3.67. The molecule has 10 heteroatoms. The molecule has 0 aliphatic heterocycles. The van der Waals surface area contributed by atoms with Crippen molar-refractivity contribution < 1.29 is 27.9 Å². The minimum absolute atomic E-state index is 0.113. The van der Waals surface area contributed by atoms with Crippen LogP contribution in [-0.4, -0.2) is 39.7 Å². The van der Waals surface area contributed by atoms with Crippen molar-refractivity contribution in [1.82, 2.24) is 15.1 Å². The monoisotopic (exact) mass is 361 g/mol. The number of hydrogen-bond donors (Lipinski definition) is 2. The van der Waals surface area contributed by atoms with Crippen LogP contribution in [0.3, 0.4) is 0 Å². The van der Waals surface area contributed by atoms with Crippen LogP contribution < -0.4 is 0 Å². The maximum absolute atomic E-state index is 12.3. The molecule has 128 valence electrons. The van der Waals surface area contributed by atoms with Gasteiger partial charge in [0.05, 0.1) is 10.5 Å². The molecule has 2 aromatic heterocycles. The molecule has 25 heavy (non-hydrogen) atoms. The van der Waals surface area contributed by atoms with Crippen molar-refractivity contribution in [2.45, 2.75) is 10.6 Å². The van der Waals surface area contributed by atoms with Crippen LogP contribution in [0.2, 0.25) is 0 Å². The molecule has 0 radical (unpaired) electrons. The van der Waals surface area contributed by atoms with Gasteiger partial charge in [0.25, 0.3) is 0 Å². The third-order valence-electron chi connectivity index (χ3n) is 3.21. The number of carbonyl (C=O) groups is 1. The predicted octanol–water partition coefficient (Wildman–Crippen LogP) is 1.51. The van der Waals surface area contributed by atoms with E-state index in [1.807, 2.05) is 0 Å². The summed E-state index contributed by atoms with van der Waals surface area (Å²) >= 11 is 0. The van der Waals surface area contributed by atoms with Crippen LogP contribution in [0.15, 0.2) is 52.0 Å². The lowest BCUT2D eigenvalue weighted by Gasteiger charge is -2.00. The molecule has 0 aliphatic carbocycles. The van der Waals surface area contributed by atoms with Gasteiger partial charge in [-0.05, 0) is 18.2 Å². The highest BCUT2D eigenvalue weighted by Crippen LogP contribution is 2.26. The van der Waals surface area contributed by atoms with Gasteiger partial charge in [0.15, 0.2) is 15.5 Å². The van der Waals surface area contributed by atoms with E-state index in [4.69, 9.17) is 9.63 Å². The quantitative estimate of drug-likeness (QED) is 0.691. The number of benzene rings is 1. The molecule has 0 fully saturated rings. The minimum atomic E-state index is -3.67. The van der Waals surface area contributed by atoms with Gasteiger partial charge in [0.2, 0.25) is 11.7 Å². The minimum Gasteiger partial charge on any atom is -0.506 e. The molecule has 2 heterocycles. The highest BCUT2D eigenvalue weighted by atomic mass is 32.2. The Morgan fingerprint density at radius 2 is 1.92 bits per heavy atom. The molecular formula is C15H11N3O6S. The number of aromatic carboxylic acids is 1. The van der Waals surface area contributed by atoms with Crippen molar-refractivity contribution >= 4 is 15.8 Å². The molecule has 1 aromatic carbocycles. The molecule has 3 rings (SSSR count). The molecule has 2 N–H and O–H groups in total. The Kier molecular flexibility index (Phi) is 4.19. The number of sulfone groups is 1. The van der Waals surface area contributed by atoms with Gasteiger partial charge in [0.1, 0.15) is 11.5 Å². The molecule has 0 unspecified atom stereocenters. The lowest BCUT2D eigenvalue weighted by molar-refractivity contribution is 0.0696. The van der Waals surface area contributed by atoms with E-state index in [1.165, 1.54) is 12.1 Å². The van der Waals surface area contributed by atoms with Gasteiger partial charge in [-0.15, -0.1) is 0 Å². The normalized spacial score (nSPS) is 11.4. The van der Waals surface area contributed by atoms with E-state index < -0.39 is 27.3 Å². The zero-order chi connectivity index (χ0) is 18.0. The highest BCUT2D eigenvalue weighted by Gasteiger charge is 2.21. The van der Waals surface area contributed by atoms with Crippen LogP contribution in [-0.2, 0) is 15.6 Å². The summed E-state index contributed by atoms with van der Waals surface area (Å²) in [5, 5.41) is 22.3. The Balaban J connectivity index is 1.87. The van der Waals surface area contributed by atoms with Crippen molar-refractivity contribution in [2.75, 3.05) is 0 Å². The number of nitrogens with zero attached hydrogens (tertiary/aromatic N) is 3. The molecule has 0 aliphatic rings. The van der Waals surface area contributed by atoms with Crippen LogP contribution in [0.1, 0.15) is 16.2 Å². The van der Waals surface area contributed by atoms with Crippen molar-refractivity contribution in [2.24, 2.45) is 0 Å². The standard InChI is InChI=1S/C15H11N3O6S/c19-11-6-9(15(20)21)7-16-13(11)14-17-12(24-18-14)8-25(22,23)10-4-2-1-3-5-10/h1-7,19H,8H2,(H,20,21). The number of aromatic nitrogens is 3. The van der Waals surface area contributed by atoms with Gasteiger partial charge < -0.3 is 14.7 Å². The molecule has 9 nitrogen and oxygen atoms in total. The summed E-state index contributed by atoms with van der Waals surface area (Å²) in [5.41, 5.74) is -0.325. The second-order valence-electron chi connectivity index (χ2n) is 4.98. The lowest BCUT2D eigenvalue weighted by Crippen LogP contribution is -2.05. The Morgan fingerprint density at radius 3 is 2.56 bits per heavy atom. The summed E-state index contributed by atoms with van der Waals surface area (Å²) in [6.07, 6.45) is 1.02. The van der Waals surface area contributed by atoms with E-state index in [0.717, 1.165) is 12.3 Å². The third kappa shape index (κ3) is 3.48. The molecule has 0 bridgehead atoms. The summed E-state index contributed by atoms with van der Waals surface area (Å²) in [6.45, 7) is 0. The summed E-state index contributed by atoms with van der Waals surface area (Å²) < 4.78 is 29.5. The first-order valence-corrected chi connectivity index (χ1v) is 8.55. The number of carboxylic acid groups (broad SMARTS) is 1. The number of aromatic hydroxyl groups is 1. The Labute approximate surface area is 141 Å². The van der Waals surface area contributed by atoms with E-state index in [1.54, 1.807) is 18.2 Å². The van der Waals surface area contributed by atoms with E-state index in [2.05, 4.69) is 15.1 Å². The molecule has 3 aromatic rings. The SMILES string of the molecule is O=C(O)c1cnc(-c2noc(CS(=O)(=O)c3ccccc3)n2)c(O)c1. The van der Waals surface area contributed by atoms with E-state index in [-0.39, 0.29) is 27.9 Å². The van der Waals surface area contributed by atoms with Gasteiger partial charge in [-0.25, -0.2) is 18.2 Å². The molecule has 0 saturated carbocycles. The zero-order valence-corrected chi connectivity index (χ0v) is 13.3. The first-order valence-electron chi connectivity index (χ1n) is 6.90. The van der Waals surface area contributed by atoms with Crippen molar-refractivity contribution in [3.05, 3.63) is 54.0 Å². The second-order valence-corrected chi connectivity index (χ2v) is 6.97. The lowest BCUT2D eigenvalue weighted by atomic mass is 10.2. The van der Waals surface area contributed by atoms with Gasteiger partial charge in [-0.3, -0.25) is 0 Å². The zero-order valence-electron chi connectivity index (χ0n) is 12.5. The molecule has 0 saturated heterocycles. The first kappa shape index (κ1) is 16.6. The summed E-state index contributed by atoms with van der Waals surface area (Å²) in [4.78, 5) is 18.6. The van der Waals surface area contributed by atoms with Crippen LogP contribution >= 0.6 is 0 Å². The van der Waals surface area contributed by atoms with Gasteiger partial charge >= 0.3 is 5.97 Å². The Bertz CT molecular complexity index is 1030. The third-order valence-corrected chi connectivity index (χ3v) is 4.83. The van der Waals surface area contributed by atoms with Crippen LogP contribution in [0.25, 0.3) is 11.5 Å². The van der Waals surface area contributed by atoms with Crippen LogP contribution in [0.4, 0.5) is 0 Å². The van der Waals surface area contributed by atoms with Crippen molar-refractivity contribution in [3.8, 4) is 17.3 Å². The van der Waals surface area contributed by atoms with Crippen LogP contribution in [0.5, 0.6) is 5.75 Å². The smallest absolute Gasteiger partial charge is 0.337 e. The predicted molar refractivity (Wildman–Crippen MR) is 83.5 cm³/mol. The fraction of sp³-hybridized carbons (Fsp3) is 0.0667. The average molecular weight is 361 g/mol.